The molecule has 8 heteroatoms. The predicted octanol–water partition coefficient (Wildman–Crippen LogP) is 5.18. The first-order chi connectivity index (χ1) is 13.4. The lowest BCUT2D eigenvalue weighted by atomic mass is 9.92. The molecule has 5 nitrogen and oxygen atoms in total. The van der Waals surface area contributed by atoms with Crippen LogP contribution >= 0.6 is 11.6 Å². The Morgan fingerprint density at radius 3 is 2.32 bits per heavy atom. The molecule has 0 N–H and O–H groups in total. The largest absolute Gasteiger partial charge is 0.356 e. The van der Waals surface area contributed by atoms with E-state index in [4.69, 9.17) is 16.4 Å². The van der Waals surface area contributed by atoms with Gasteiger partial charge < -0.3 is 0 Å². The van der Waals surface area contributed by atoms with Crippen molar-refractivity contribution in [3.8, 4) is 0 Å². The van der Waals surface area contributed by atoms with Crippen molar-refractivity contribution in [3.05, 3.63) is 88.5 Å². The minimum absolute atomic E-state index is 0.427. The summed E-state index contributed by atoms with van der Waals surface area (Å²) in [4.78, 5) is 16.5. The third kappa shape index (κ3) is 3.16. The number of alkyl halides is 3. The third-order valence-electron chi connectivity index (χ3n) is 4.83. The van der Waals surface area contributed by atoms with Crippen molar-refractivity contribution < 1.29 is 18.5 Å². The van der Waals surface area contributed by atoms with Crippen molar-refractivity contribution in [1.82, 2.24) is 0 Å². The summed E-state index contributed by atoms with van der Waals surface area (Å²) in [6, 6.07) is 18.2. The number of nitrogens with zero attached hydrogens (tertiary/aromatic N) is 2. The Morgan fingerprint density at radius 1 is 1.00 bits per heavy atom. The number of rotatable bonds is 4. The molecule has 0 saturated carbocycles. The van der Waals surface area contributed by atoms with Gasteiger partial charge in [0.2, 0.25) is 6.10 Å². The van der Waals surface area contributed by atoms with Crippen molar-refractivity contribution in [3.63, 3.8) is 0 Å². The summed E-state index contributed by atoms with van der Waals surface area (Å²) < 4.78 is 28.1. The third-order valence-corrected chi connectivity index (χ3v) is 5.05. The molecule has 1 saturated heterocycles. The Morgan fingerprint density at radius 2 is 1.64 bits per heavy atom. The van der Waals surface area contributed by atoms with Crippen LogP contribution in [0.15, 0.2) is 72.8 Å². The van der Waals surface area contributed by atoms with Gasteiger partial charge in [-0.3, -0.25) is 15.0 Å². The molecule has 3 atom stereocenters. The van der Waals surface area contributed by atoms with Gasteiger partial charge in [-0.15, -0.1) is 0 Å². The predicted molar refractivity (Wildman–Crippen MR) is 102 cm³/mol. The van der Waals surface area contributed by atoms with Crippen LogP contribution in [0, 0.1) is 10.1 Å². The minimum atomic E-state index is -3.91. The monoisotopic (exact) mass is 404 g/mol. The van der Waals surface area contributed by atoms with Crippen molar-refractivity contribution in [2.75, 3.05) is 5.06 Å². The van der Waals surface area contributed by atoms with Gasteiger partial charge >= 0.3 is 5.38 Å². The lowest BCUT2D eigenvalue weighted by Crippen LogP contribution is -2.42. The Bertz CT molecular complexity index is 1010. The molecule has 3 aromatic rings. The molecule has 0 unspecified atom stereocenters. The number of hydrogen-bond acceptors (Lipinski definition) is 4. The lowest BCUT2D eigenvalue weighted by Gasteiger charge is -2.25. The molecular weight excluding hydrogens is 390 g/mol. The summed E-state index contributed by atoms with van der Waals surface area (Å²) in [7, 11) is 0. The number of hydroxylamine groups is 1. The number of nitro groups is 1. The molecule has 1 aliphatic heterocycles. The Labute approximate surface area is 164 Å². The first kappa shape index (κ1) is 18.6. The van der Waals surface area contributed by atoms with Gasteiger partial charge in [0.25, 0.3) is 6.04 Å². The average Bonchev–Trinajstić information content (AvgIpc) is 3.09. The van der Waals surface area contributed by atoms with E-state index in [2.05, 4.69) is 0 Å². The van der Waals surface area contributed by atoms with Gasteiger partial charge in [-0.25, -0.2) is 5.06 Å². The molecule has 0 radical (unpaired) electrons. The van der Waals surface area contributed by atoms with E-state index >= 15 is 0 Å². The van der Waals surface area contributed by atoms with Crippen molar-refractivity contribution >= 4 is 28.1 Å². The van der Waals surface area contributed by atoms with E-state index in [9.17, 15) is 18.9 Å². The molecule has 0 spiro atoms. The number of hydrogen-bond donors (Lipinski definition) is 0. The van der Waals surface area contributed by atoms with Crippen molar-refractivity contribution in [1.29, 1.82) is 0 Å². The van der Waals surface area contributed by atoms with Crippen molar-refractivity contribution in [2.24, 2.45) is 0 Å². The molecule has 3 aromatic carbocycles. The molecule has 28 heavy (non-hydrogen) atoms. The van der Waals surface area contributed by atoms with E-state index in [-0.39, 0.29) is 0 Å². The second-order valence-electron chi connectivity index (χ2n) is 6.52. The summed E-state index contributed by atoms with van der Waals surface area (Å²) in [6.07, 6.45) is -2.12. The van der Waals surface area contributed by atoms with Gasteiger partial charge in [-0.2, -0.15) is 8.78 Å². The Balaban J connectivity index is 1.94. The zero-order valence-electron chi connectivity index (χ0n) is 14.4. The summed E-state index contributed by atoms with van der Waals surface area (Å²) >= 11 is 5.21. The molecule has 0 aromatic heterocycles. The van der Waals surface area contributed by atoms with Crippen LogP contribution in [0.5, 0.6) is 0 Å². The summed E-state index contributed by atoms with van der Waals surface area (Å²) in [5, 5.41) is 10.7. The second-order valence-corrected chi connectivity index (χ2v) is 7.02. The van der Waals surface area contributed by atoms with Crippen LogP contribution in [-0.2, 0) is 4.84 Å². The van der Waals surface area contributed by atoms with Gasteiger partial charge in [0.1, 0.15) is 0 Å². The molecule has 4 rings (SSSR count). The SMILES string of the molecule is O=[N+]([O-])[C@H]1[C@H](C(F)(F)Cl)ON(c2ccccc2)[C@H]1c1cccc2ccccc12. The smallest absolute Gasteiger partial charge is 0.264 e. The number of fused-ring (bicyclic) bond motifs is 1. The van der Waals surface area contributed by atoms with Crippen LogP contribution in [0.2, 0.25) is 0 Å². The zero-order chi connectivity index (χ0) is 19.9. The topological polar surface area (TPSA) is 55.6 Å². The highest BCUT2D eigenvalue weighted by Crippen LogP contribution is 2.46. The van der Waals surface area contributed by atoms with Crippen LogP contribution in [-0.4, -0.2) is 22.5 Å². The number of anilines is 1. The van der Waals surface area contributed by atoms with E-state index in [0.29, 0.717) is 11.3 Å². The van der Waals surface area contributed by atoms with Gasteiger partial charge in [0.15, 0.2) is 6.04 Å². The van der Waals surface area contributed by atoms with Gasteiger partial charge in [0, 0.05) is 4.92 Å². The molecule has 0 aliphatic carbocycles. The van der Waals surface area contributed by atoms with Crippen LogP contribution in [0.1, 0.15) is 11.6 Å². The summed E-state index contributed by atoms with van der Waals surface area (Å²) in [5.41, 5.74) is 0.947. The van der Waals surface area contributed by atoms with Crippen LogP contribution in [0.4, 0.5) is 14.5 Å². The Kier molecular flexibility index (Phi) is 4.64. The minimum Gasteiger partial charge on any atom is -0.264 e. The van der Waals surface area contributed by atoms with E-state index < -0.39 is 28.5 Å². The fourth-order valence-electron chi connectivity index (χ4n) is 3.65. The molecule has 144 valence electrons. The van der Waals surface area contributed by atoms with E-state index in [1.54, 1.807) is 54.6 Å². The first-order valence-electron chi connectivity index (χ1n) is 8.57. The van der Waals surface area contributed by atoms with Crippen LogP contribution in [0.25, 0.3) is 10.8 Å². The quantitative estimate of drug-likeness (QED) is 0.341. The van der Waals surface area contributed by atoms with E-state index in [1.807, 2.05) is 18.2 Å². The van der Waals surface area contributed by atoms with E-state index in [0.717, 1.165) is 10.8 Å². The highest BCUT2D eigenvalue weighted by Gasteiger charge is 2.62. The first-order valence-corrected chi connectivity index (χ1v) is 8.94. The number of para-hydroxylation sites is 1. The maximum absolute atomic E-state index is 14.0. The van der Waals surface area contributed by atoms with E-state index in [1.165, 1.54) is 5.06 Å². The highest BCUT2D eigenvalue weighted by molar-refractivity contribution is 6.22. The molecule has 0 bridgehead atoms. The normalized spacial score (nSPS) is 22.5. The van der Waals surface area contributed by atoms with Crippen LogP contribution < -0.4 is 5.06 Å². The average molecular weight is 405 g/mol. The fraction of sp³-hybridized carbons (Fsp3) is 0.200. The number of benzene rings is 3. The maximum atomic E-state index is 14.0. The van der Waals surface area contributed by atoms with Crippen LogP contribution in [0.3, 0.4) is 0 Å². The molecule has 1 aliphatic rings. The molecular formula is C20H15ClF2N2O3. The maximum Gasteiger partial charge on any atom is 0.356 e. The fourth-order valence-corrected chi connectivity index (χ4v) is 3.82. The van der Waals surface area contributed by atoms with Crippen molar-refractivity contribution in [2.45, 2.75) is 23.6 Å². The van der Waals surface area contributed by atoms with Gasteiger partial charge in [-0.05, 0) is 40.1 Å². The molecule has 1 heterocycles. The highest BCUT2D eigenvalue weighted by atomic mass is 35.5. The molecule has 1 fully saturated rings. The summed E-state index contributed by atoms with van der Waals surface area (Å²) in [6.45, 7) is 0. The van der Waals surface area contributed by atoms with Gasteiger partial charge in [-0.1, -0.05) is 60.7 Å². The Hall–Kier alpha value is -2.77. The second kappa shape index (κ2) is 7.00. The standard InChI is InChI=1S/C20H15ClF2N2O3/c21-20(22,23)19-18(25(26)27)17(24(28-19)14-9-2-1-3-10-14)16-12-6-8-13-7-4-5-11-15(13)16/h1-12,17-19H/t17-,18+,19+/m0/s1. The molecule has 0 amide bonds. The van der Waals surface area contributed by atoms with Gasteiger partial charge in [0.05, 0.1) is 5.69 Å². The zero-order valence-corrected chi connectivity index (χ0v) is 15.2. The number of halogens is 3. The lowest BCUT2D eigenvalue weighted by molar-refractivity contribution is -0.533. The summed E-state index contributed by atoms with van der Waals surface area (Å²) in [5.74, 6) is 0.